The van der Waals surface area contributed by atoms with Crippen molar-refractivity contribution in [2.24, 2.45) is 0 Å². The van der Waals surface area contributed by atoms with Gasteiger partial charge in [-0.25, -0.2) is 9.78 Å². The van der Waals surface area contributed by atoms with Gasteiger partial charge in [-0.05, 0) is 12.1 Å². The van der Waals surface area contributed by atoms with E-state index in [9.17, 15) is 4.79 Å². The number of anilines is 1. The highest BCUT2D eigenvalue weighted by molar-refractivity contribution is 6.40. The molecule has 0 atom stereocenters. The quantitative estimate of drug-likeness (QED) is 0.772. The van der Waals surface area contributed by atoms with Crippen LogP contribution in [0.1, 0.15) is 0 Å². The molecule has 1 N–H and O–H groups in total. The summed E-state index contributed by atoms with van der Waals surface area (Å²) in [5.74, 6) is -0.0612. The van der Waals surface area contributed by atoms with E-state index in [-0.39, 0.29) is 23.3 Å². The highest BCUT2D eigenvalue weighted by Gasteiger charge is 2.19. The zero-order valence-corrected chi connectivity index (χ0v) is 14.5. The van der Waals surface area contributed by atoms with Crippen LogP contribution in [0.2, 0.25) is 15.2 Å². The van der Waals surface area contributed by atoms with Crippen LogP contribution in [0.5, 0.6) is 0 Å². The fourth-order valence-electron chi connectivity index (χ4n) is 1.80. The molecule has 0 unspecified atom stereocenters. The van der Waals surface area contributed by atoms with E-state index in [0.717, 1.165) is 0 Å². The smallest absolute Gasteiger partial charge is 0.379 e. The number of rotatable bonds is 6. The molecule has 0 spiro atoms. The van der Waals surface area contributed by atoms with Gasteiger partial charge in [0.1, 0.15) is 0 Å². The zero-order chi connectivity index (χ0) is 17.0. The molecule has 2 rings (SSSR count). The van der Waals surface area contributed by atoms with Crippen LogP contribution in [-0.4, -0.2) is 32.0 Å². The molecule has 0 saturated heterocycles. The number of ether oxygens (including phenoxy) is 2. The Hall–Kier alpha value is -1.31. The summed E-state index contributed by atoms with van der Waals surface area (Å²) in [6.45, 7) is 0.188. The van der Waals surface area contributed by atoms with Gasteiger partial charge in [0.05, 0.1) is 22.2 Å². The van der Waals surface area contributed by atoms with E-state index in [1.54, 1.807) is 18.2 Å². The van der Waals surface area contributed by atoms with Crippen molar-refractivity contribution in [1.82, 2.24) is 4.98 Å². The molecule has 0 fully saturated rings. The number of aromatic nitrogens is 1. The summed E-state index contributed by atoms with van der Waals surface area (Å²) in [5, 5.41) is 3.29. The van der Waals surface area contributed by atoms with Gasteiger partial charge >= 0.3 is 5.63 Å². The van der Waals surface area contributed by atoms with E-state index in [4.69, 9.17) is 48.7 Å². The molecule has 0 aliphatic rings. The Bertz CT molecular complexity index is 727. The molecule has 2 aromatic rings. The van der Waals surface area contributed by atoms with E-state index in [2.05, 4.69) is 10.3 Å². The fourth-order valence-corrected chi connectivity index (χ4v) is 2.59. The summed E-state index contributed by atoms with van der Waals surface area (Å²) in [7, 11) is 2.95. The molecule has 9 heteroatoms. The summed E-state index contributed by atoms with van der Waals surface area (Å²) in [5.41, 5.74) is -0.407. The van der Waals surface area contributed by atoms with Crippen LogP contribution in [0.4, 0.5) is 5.82 Å². The Morgan fingerprint density at radius 1 is 1.22 bits per heavy atom. The first-order valence-corrected chi connectivity index (χ1v) is 7.55. The Morgan fingerprint density at radius 2 is 1.83 bits per heavy atom. The molecule has 124 valence electrons. The van der Waals surface area contributed by atoms with E-state index in [1.807, 2.05) is 0 Å². The molecule has 6 nitrogen and oxygen atoms in total. The molecule has 1 aromatic heterocycles. The Balaban J connectivity index is 2.36. The number of halogens is 3. The molecule has 0 amide bonds. The SMILES string of the molecule is COC(CNc1nc(Cl)c(-c2c(Cl)cccc2Cl)oc1=O)OC. The van der Waals surface area contributed by atoms with Crippen LogP contribution in [0, 0.1) is 0 Å². The second-order valence-corrected chi connectivity index (χ2v) is 5.52. The van der Waals surface area contributed by atoms with Gasteiger partial charge in [-0.3, -0.25) is 0 Å². The van der Waals surface area contributed by atoms with Gasteiger partial charge in [-0.2, -0.15) is 0 Å². The third-order valence-electron chi connectivity index (χ3n) is 2.94. The lowest BCUT2D eigenvalue weighted by Gasteiger charge is -2.14. The van der Waals surface area contributed by atoms with Crippen molar-refractivity contribution in [1.29, 1.82) is 0 Å². The molecule has 23 heavy (non-hydrogen) atoms. The average Bonchev–Trinajstić information content (AvgIpc) is 2.52. The number of methoxy groups -OCH3 is 2. The van der Waals surface area contributed by atoms with Gasteiger partial charge in [-0.15, -0.1) is 0 Å². The lowest BCUT2D eigenvalue weighted by atomic mass is 10.2. The van der Waals surface area contributed by atoms with E-state index in [1.165, 1.54) is 14.2 Å². The maximum Gasteiger partial charge on any atom is 0.379 e. The molecule has 0 bridgehead atoms. The molecule has 1 aromatic carbocycles. The van der Waals surface area contributed by atoms with Crippen LogP contribution in [0.25, 0.3) is 11.3 Å². The second kappa shape index (κ2) is 7.99. The predicted molar refractivity (Wildman–Crippen MR) is 89.5 cm³/mol. The van der Waals surface area contributed by atoms with Crippen molar-refractivity contribution < 1.29 is 13.9 Å². The first kappa shape index (κ1) is 18.0. The standard InChI is InChI=1S/C14H13Cl3N2O4/c1-21-9(22-2)6-18-13-14(20)23-11(12(17)19-13)10-7(15)4-3-5-8(10)16/h3-5,9H,6H2,1-2H3,(H,18,19). The Morgan fingerprint density at radius 3 is 2.39 bits per heavy atom. The minimum atomic E-state index is -0.716. The zero-order valence-electron chi connectivity index (χ0n) is 12.2. The van der Waals surface area contributed by atoms with Crippen molar-refractivity contribution >= 4 is 40.6 Å². The first-order chi connectivity index (χ1) is 11.0. The Kier molecular flexibility index (Phi) is 6.26. The number of nitrogens with zero attached hydrogens (tertiary/aromatic N) is 1. The minimum Gasteiger partial charge on any atom is -0.417 e. The number of nitrogens with one attached hydrogen (secondary N) is 1. The summed E-state index contributed by atoms with van der Waals surface area (Å²) >= 11 is 18.3. The second-order valence-electron chi connectivity index (χ2n) is 4.35. The maximum absolute atomic E-state index is 12.1. The monoisotopic (exact) mass is 378 g/mol. The van der Waals surface area contributed by atoms with Crippen LogP contribution >= 0.6 is 34.8 Å². The van der Waals surface area contributed by atoms with Gasteiger partial charge in [0.15, 0.2) is 17.2 Å². The minimum absolute atomic E-state index is 0.00727. The van der Waals surface area contributed by atoms with Crippen molar-refractivity contribution in [2.45, 2.75) is 6.29 Å². The summed E-state index contributed by atoms with van der Waals surface area (Å²) in [6, 6.07) is 4.87. The summed E-state index contributed by atoms with van der Waals surface area (Å²) < 4.78 is 15.2. The van der Waals surface area contributed by atoms with Crippen molar-refractivity contribution in [3.05, 3.63) is 43.8 Å². The predicted octanol–water partition coefficient (Wildman–Crippen LogP) is 3.69. The summed E-state index contributed by atoms with van der Waals surface area (Å²) in [4.78, 5) is 16.1. The van der Waals surface area contributed by atoms with Gasteiger partial charge in [0.25, 0.3) is 0 Å². The normalized spacial score (nSPS) is 11.0. The van der Waals surface area contributed by atoms with Crippen molar-refractivity contribution in [3.63, 3.8) is 0 Å². The van der Waals surface area contributed by atoms with Gasteiger partial charge in [-0.1, -0.05) is 40.9 Å². The number of hydrogen-bond acceptors (Lipinski definition) is 6. The maximum atomic E-state index is 12.1. The number of hydrogen-bond donors (Lipinski definition) is 1. The van der Waals surface area contributed by atoms with Crippen molar-refractivity contribution in [3.8, 4) is 11.3 Å². The average molecular weight is 380 g/mol. The number of benzene rings is 1. The molecular weight excluding hydrogens is 367 g/mol. The van der Waals surface area contributed by atoms with Crippen LogP contribution in [-0.2, 0) is 9.47 Å². The van der Waals surface area contributed by atoms with Crippen LogP contribution < -0.4 is 10.9 Å². The van der Waals surface area contributed by atoms with Gasteiger partial charge in [0, 0.05) is 14.2 Å². The first-order valence-electron chi connectivity index (χ1n) is 6.42. The van der Waals surface area contributed by atoms with E-state index < -0.39 is 11.9 Å². The fraction of sp³-hybridized carbons (Fsp3) is 0.286. The van der Waals surface area contributed by atoms with Gasteiger partial charge < -0.3 is 19.2 Å². The molecule has 0 saturated carbocycles. The van der Waals surface area contributed by atoms with E-state index >= 15 is 0 Å². The largest absolute Gasteiger partial charge is 0.417 e. The van der Waals surface area contributed by atoms with Crippen LogP contribution in [0.15, 0.2) is 27.4 Å². The highest BCUT2D eigenvalue weighted by Crippen LogP contribution is 2.37. The lowest BCUT2D eigenvalue weighted by Crippen LogP contribution is -2.26. The van der Waals surface area contributed by atoms with E-state index in [0.29, 0.717) is 15.6 Å². The molecule has 0 aliphatic carbocycles. The summed E-state index contributed by atoms with van der Waals surface area (Å²) in [6.07, 6.45) is -0.548. The molecule has 0 radical (unpaired) electrons. The molecular formula is C14H13Cl3N2O4. The van der Waals surface area contributed by atoms with Crippen molar-refractivity contribution in [2.75, 3.05) is 26.1 Å². The molecule has 1 heterocycles. The highest BCUT2D eigenvalue weighted by atomic mass is 35.5. The topological polar surface area (TPSA) is 73.6 Å². The van der Waals surface area contributed by atoms with Crippen LogP contribution in [0.3, 0.4) is 0 Å². The third kappa shape index (κ3) is 4.16. The lowest BCUT2D eigenvalue weighted by molar-refractivity contribution is -0.0914. The van der Waals surface area contributed by atoms with Gasteiger partial charge in [0.2, 0.25) is 5.82 Å². The Labute approximate surface area is 147 Å². The molecule has 0 aliphatic heterocycles. The third-order valence-corrected chi connectivity index (χ3v) is 3.82.